The summed E-state index contributed by atoms with van der Waals surface area (Å²) in [5, 5.41) is 2.89. The summed E-state index contributed by atoms with van der Waals surface area (Å²) in [6.07, 6.45) is 9.92. The van der Waals surface area contributed by atoms with Gasteiger partial charge in [-0.2, -0.15) is 0 Å². The topological polar surface area (TPSA) is 71.0 Å². The van der Waals surface area contributed by atoms with Gasteiger partial charge in [0.25, 0.3) is 5.91 Å². The largest absolute Gasteiger partial charge is 0.319 e. The van der Waals surface area contributed by atoms with Gasteiger partial charge in [-0.05, 0) is 59.9 Å². The fourth-order valence-corrected chi connectivity index (χ4v) is 3.09. The van der Waals surface area contributed by atoms with Crippen LogP contribution in [0.5, 0.6) is 0 Å². The number of anilines is 1. The van der Waals surface area contributed by atoms with E-state index < -0.39 is 0 Å². The summed E-state index contributed by atoms with van der Waals surface area (Å²) in [5.74, 6) is -0.291. The number of carbonyl (C=O) groups excluding carboxylic acids is 1. The average Bonchev–Trinajstić information content (AvgIpc) is 3.08. The summed E-state index contributed by atoms with van der Waals surface area (Å²) in [5.41, 5.74) is 2.08. The van der Waals surface area contributed by atoms with Crippen molar-refractivity contribution in [2.24, 2.45) is 0 Å². The Morgan fingerprint density at radius 2 is 2.00 bits per heavy atom. The van der Waals surface area contributed by atoms with E-state index in [1.54, 1.807) is 12.4 Å². The molecule has 1 amide bonds. The van der Waals surface area contributed by atoms with E-state index in [-0.39, 0.29) is 11.6 Å². The first kappa shape index (κ1) is 16.0. The van der Waals surface area contributed by atoms with Crippen LogP contribution in [0.25, 0.3) is 0 Å². The minimum Gasteiger partial charge on any atom is -0.319 e. The van der Waals surface area contributed by atoms with Crippen molar-refractivity contribution in [3.63, 3.8) is 0 Å². The van der Waals surface area contributed by atoms with Gasteiger partial charge in [-0.15, -0.1) is 0 Å². The third-order valence-electron chi connectivity index (χ3n) is 3.92. The van der Waals surface area contributed by atoms with Crippen molar-refractivity contribution in [2.75, 3.05) is 25.0 Å². The van der Waals surface area contributed by atoms with E-state index in [1.807, 2.05) is 6.07 Å². The molecule has 0 atom stereocenters. The number of rotatable bonds is 5. The Kier molecular flexibility index (Phi) is 5.30. The van der Waals surface area contributed by atoms with E-state index in [0.717, 1.165) is 24.2 Å². The van der Waals surface area contributed by atoms with Crippen molar-refractivity contribution in [3.8, 4) is 0 Å². The lowest BCUT2D eigenvalue weighted by Crippen LogP contribution is -2.23. The SMILES string of the molecule is O=C(Nc1cnccc1CCN1CCCC1)c1nccnc1Br. The first-order valence-electron chi connectivity index (χ1n) is 7.67. The van der Waals surface area contributed by atoms with Crippen molar-refractivity contribution in [1.29, 1.82) is 0 Å². The average molecular weight is 376 g/mol. The van der Waals surface area contributed by atoms with Crippen LogP contribution in [0.1, 0.15) is 28.9 Å². The maximum Gasteiger partial charge on any atom is 0.277 e. The first-order valence-corrected chi connectivity index (χ1v) is 8.46. The van der Waals surface area contributed by atoms with Crippen molar-refractivity contribution < 1.29 is 4.79 Å². The summed E-state index contributed by atoms with van der Waals surface area (Å²) in [6, 6.07) is 1.96. The molecule has 1 aliphatic heterocycles. The number of nitrogens with zero attached hydrogens (tertiary/aromatic N) is 4. The monoisotopic (exact) mass is 375 g/mol. The van der Waals surface area contributed by atoms with E-state index >= 15 is 0 Å². The van der Waals surface area contributed by atoms with Crippen LogP contribution >= 0.6 is 15.9 Å². The van der Waals surface area contributed by atoms with E-state index in [2.05, 4.69) is 41.1 Å². The summed E-state index contributed by atoms with van der Waals surface area (Å²) in [6.45, 7) is 3.33. The van der Waals surface area contributed by atoms with Crippen LogP contribution in [0.15, 0.2) is 35.5 Å². The highest BCUT2D eigenvalue weighted by atomic mass is 79.9. The fourth-order valence-electron chi connectivity index (χ4n) is 2.69. The second-order valence-electron chi connectivity index (χ2n) is 5.48. The van der Waals surface area contributed by atoms with Crippen molar-refractivity contribution in [2.45, 2.75) is 19.3 Å². The predicted molar refractivity (Wildman–Crippen MR) is 91.3 cm³/mol. The lowest BCUT2D eigenvalue weighted by atomic mass is 10.1. The molecule has 1 aliphatic rings. The Hall–Kier alpha value is -1.86. The van der Waals surface area contributed by atoms with Crippen LogP contribution in [0.2, 0.25) is 0 Å². The molecule has 0 bridgehead atoms. The zero-order valence-corrected chi connectivity index (χ0v) is 14.3. The molecule has 7 heteroatoms. The van der Waals surface area contributed by atoms with Crippen LogP contribution in [0, 0.1) is 0 Å². The van der Waals surface area contributed by atoms with Gasteiger partial charge in [0.15, 0.2) is 5.69 Å². The first-order chi connectivity index (χ1) is 11.2. The molecule has 3 rings (SSSR count). The van der Waals surface area contributed by atoms with Crippen LogP contribution in [0.4, 0.5) is 5.69 Å². The number of nitrogens with one attached hydrogen (secondary N) is 1. The van der Waals surface area contributed by atoms with Gasteiger partial charge in [-0.1, -0.05) is 0 Å². The third kappa shape index (κ3) is 4.11. The second kappa shape index (κ2) is 7.61. The quantitative estimate of drug-likeness (QED) is 0.869. The van der Waals surface area contributed by atoms with Gasteiger partial charge in [-0.25, -0.2) is 9.97 Å². The predicted octanol–water partition coefficient (Wildman–Crippen LogP) is 2.52. The molecule has 120 valence electrons. The van der Waals surface area contributed by atoms with E-state index in [4.69, 9.17) is 0 Å². The molecular weight excluding hydrogens is 358 g/mol. The van der Waals surface area contributed by atoms with Gasteiger partial charge in [0, 0.05) is 25.1 Å². The standard InChI is InChI=1S/C16H18BrN5O/c17-15-14(19-6-7-20-15)16(23)21-13-11-18-5-3-12(13)4-10-22-8-1-2-9-22/h3,5-7,11H,1-2,4,8-10H2,(H,21,23). The molecule has 0 radical (unpaired) electrons. The molecule has 23 heavy (non-hydrogen) atoms. The minimum absolute atomic E-state index is 0.266. The molecule has 0 spiro atoms. The number of carbonyl (C=O) groups is 1. The maximum absolute atomic E-state index is 12.4. The van der Waals surface area contributed by atoms with Gasteiger partial charge in [0.2, 0.25) is 0 Å². The molecule has 6 nitrogen and oxygen atoms in total. The molecule has 2 aromatic rings. The Morgan fingerprint density at radius 1 is 1.22 bits per heavy atom. The lowest BCUT2D eigenvalue weighted by Gasteiger charge is -2.16. The highest BCUT2D eigenvalue weighted by molar-refractivity contribution is 9.10. The van der Waals surface area contributed by atoms with Gasteiger partial charge >= 0.3 is 0 Å². The van der Waals surface area contributed by atoms with Crippen molar-refractivity contribution in [1.82, 2.24) is 19.9 Å². The number of amides is 1. The Balaban J connectivity index is 1.70. The Bertz CT molecular complexity index is 688. The summed E-state index contributed by atoms with van der Waals surface area (Å²) in [7, 11) is 0. The summed E-state index contributed by atoms with van der Waals surface area (Å²) < 4.78 is 0.431. The van der Waals surface area contributed by atoms with Crippen LogP contribution < -0.4 is 5.32 Å². The number of halogens is 1. The van der Waals surface area contributed by atoms with E-state index in [0.29, 0.717) is 4.60 Å². The lowest BCUT2D eigenvalue weighted by molar-refractivity contribution is 0.102. The molecular formula is C16H18BrN5O. The number of hydrogen-bond acceptors (Lipinski definition) is 5. The number of aromatic nitrogens is 3. The highest BCUT2D eigenvalue weighted by Crippen LogP contribution is 2.18. The normalized spacial score (nSPS) is 14.8. The fraction of sp³-hybridized carbons (Fsp3) is 0.375. The molecule has 1 fully saturated rings. The van der Waals surface area contributed by atoms with Gasteiger partial charge in [0.1, 0.15) is 4.60 Å². The number of hydrogen-bond donors (Lipinski definition) is 1. The van der Waals surface area contributed by atoms with E-state index in [1.165, 1.54) is 38.3 Å². The van der Waals surface area contributed by atoms with Crippen LogP contribution in [-0.4, -0.2) is 45.4 Å². The van der Waals surface area contributed by atoms with Gasteiger partial charge in [-0.3, -0.25) is 9.78 Å². The Morgan fingerprint density at radius 3 is 2.78 bits per heavy atom. The van der Waals surface area contributed by atoms with Gasteiger partial charge in [0.05, 0.1) is 11.9 Å². The minimum atomic E-state index is -0.291. The molecule has 1 saturated heterocycles. The zero-order valence-electron chi connectivity index (χ0n) is 12.7. The highest BCUT2D eigenvalue weighted by Gasteiger charge is 2.16. The second-order valence-corrected chi connectivity index (χ2v) is 6.23. The number of likely N-dealkylation sites (tertiary alicyclic amines) is 1. The smallest absolute Gasteiger partial charge is 0.277 e. The van der Waals surface area contributed by atoms with Crippen molar-refractivity contribution >= 4 is 27.5 Å². The van der Waals surface area contributed by atoms with E-state index in [9.17, 15) is 4.79 Å². The Labute approximate surface area is 143 Å². The maximum atomic E-state index is 12.4. The van der Waals surface area contributed by atoms with Crippen molar-refractivity contribution in [3.05, 3.63) is 46.7 Å². The molecule has 1 N–H and O–H groups in total. The number of pyridine rings is 1. The zero-order chi connectivity index (χ0) is 16.1. The summed E-state index contributed by atoms with van der Waals surface area (Å²) >= 11 is 3.25. The third-order valence-corrected chi connectivity index (χ3v) is 4.50. The van der Waals surface area contributed by atoms with Gasteiger partial charge < -0.3 is 10.2 Å². The molecule has 0 unspecified atom stereocenters. The molecule has 2 aromatic heterocycles. The molecule has 0 aromatic carbocycles. The van der Waals surface area contributed by atoms with Crippen LogP contribution in [-0.2, 0) is 6.42 Å². The summed E-state index contributed by atoms with van der Waals surface area (Å²) in [4.78, 5) is 27.0. The molecule has 3 heterocycles. The van der Waals surface area contributed by atoms with Crippen LogP contribution in [0.3, 0.4) is 0 Å². The molecule has 0 aliphatic carbocycles. The molecule has 0 saturated carbocycles.